The molecule has 50 heavy (non-hydrogen) atoms. The molecule has 8 aromatic rings. The van der Waals surface area contributed by atoms with Crippen LogP contribution in [0.15, 0.2) is 158 Å². The maximum atomic E-state index is 2.54. The minimum absolute atomic E-state index is 0.0951. The first-order valence-corrected chi connectivity index (χ1v) is 17.8. The summed E-state index contributed by atoms with van der Waals surface area (Å²) in [6.07, 6.45) is 0. The molecule has 2 aliphatic carbocycles. The summed E-state index contributed by atoms with van der Waals surface area (Å²) in [4.78, 5) is 0. The number of hydrogen-bond donors (Lipinski definition) is 0. The Morgan fingerprint density at radius 3 is 1.28 bits per heavy atom. The summed E-state index contributed by atoms with van der Waals surface area (Å²) in [5, 5.41) is 5.16. The topological polar surface area (TPSA) is 0 Å². The van der Waals surface area contributed by atoms with E-state index in [9.17, 15) is 0 Å². The van der Waals surface area contributed by atoms with Crippen molar-refractivity contribution in [2.75, 3.05) is 0 Å². The summed E-state index contributed by atoms with van der Waals surface area (Å²) in [5.41, 5.74) is 18.6. The molecule has 0 saturated heterocycles. The van der Waals surface area contributed by atoms with Gasteiger partial charge in [0, 0.05) is 10.8 Å². The molecule has 0 heteroatoms. The van der Waals surface area contributed by atoms with Crippen LogP contribution in [0.2, 0.25) is 0 Å². The summed E-state index contributed by atoms with van der Waals surface area (Å²) in [6.45, 7) is 9.63. The standard InChI is InChI=1S/C50H38/c1-49(2)45-27-35(31-19-21-34(22-20-31)39-17-9-13-32-11-5-7-15-37(32)39)23-25-41(45)43-29-44-42-26-24-36(28-46(42)50(3,4)48(44)30-47(43)49)40-18-10-14-33-12-6-8-16-38(33)40/h5-30H,1-4H3. The summed E-state index contributed by atoms with van der Waals surface area (Å²) in [5.74, 6) is 0. The molecule has 0 fully saturated rings. The molecule has 0 nitrogen and oxygen atoms in total. The van der Waals surface area contributed by atoms with Crippen molar-refractivity contribution in [1.82, 2.24) is 0 Å². The molecule has 0 bridgehead atoms. The Morgan fingerprint density at radius 1 is 0.280 bits per heavy atom. The number of rotatable bonds is 3. The van der Waals surface area contributed by atoms with Gasteiger partial charge < -0.3 is 0 Å². The fraction of sp³-hybridized carbons (Fsp3) is 0.120. The van der Waals surface area contributed by atoms with Crippen LogP contribution in [0.1, 0.15) is 49.9 Å². The van der Waals surface area contributed by atoms with Crippen LogP contribution in [0.5, 0.6) is 0 Å². The van der Waals surface area contributed by atoms with Gasteiger partial charge in [-0.2, -0.15) is 0 Å². The van der Waals surface area contributed by atoms with Gasteiger partial charge in [0.05, 0.1) is 0 Å². The maximum absolute atomic E-state index is 2.54. The Balaban J connectivity index is 1.04. The second-order valence-corrected chi connectivity index (χ2v) is 15.3. The van der Waals surface area contributed by atoms with Crippen LogP contribution in [-0.4, -0.2) is 0 Å². The first-order valence-electron chi connectivity index (χ1n) is 17.8. The lowest BCUT2D eigenvalue weighted by Gasteiger charge is -2.26. The highest BCUT2D eigenvalue weighted by atomic mass is 14.4. The first-order chi connectivity index (χ1) is 24.3. The largest absolute Gasteiger partial charge is 0.0616 e. The fourth-order valence-corrected chi connectivity index (χ4v) is 9.11. The van der Waals surface area contributed by atoms with E-state index in [2.05, 4.69) is 185 Å². The molecule has 0 heterocycles. The zero-order valence-electron chi connectivity index (χ0n) is 29.0. The third kappa shape index (κ3) is 4.12. The van der Waals surface area contributed by atoms with Gasteiger partial charge in [-0.15, -0.1) is 0 Å². The van der Waals surface area contributed by atoms with E-state index >= 15 is 0 Å². The van der Waals surface area contributed by atoms with Gasteiger partial charge in [-0.1, -0.05) is 167 Å². The van der Waals surface area contributed by atoms with Crippen LogP contribution in [0, 0.1) is 0 Å². The SMILES string of the molecule is CC1(C)c2cc(-c3ccc(-c4cccc5ccccc45)cc3)ccc2-c2cc3c(cc21)C(C)(C)c1cc(-c2cccc4ccccc24)ccc1-3. The van der Waals surface area contributed by atoms with E-state index in [-0.39, 0.29) is 10.8 Å². The molecule has 238 valence electrons. The molecule has 0 spiro atoms. The summed E-state index contributed by atoms with van der Waals surface area (Å²) < 4.78 is 0. The Hall–Kier alpha value is -5.72. The third-order valence-corrected chi connectivity index (χ3v) is 11.9. The summed E-state index contributed by atoms with van der Waals surface area (Å²) >= 11 is 0. The van der Waals surface area contributed by atoms with Crippen molar-refractivity contribution in [1.29, 1.82) is 0 Å². The van der Waals surface area contributed by atoms with Crippen molar-refractivity contribution in [3.8, 4) is 55.6 Å². The zero-order valence-corrected chi connectivity index (χ0v) is 29.0. The molecule has 0 amide bonds. The molecule has 10 rings (SSSR count). The quantitative estimate of drug-likeness (QED) is 0.181. The summed E-state index contributed by atoms with van der Waals surface area (Å²) in [6, 6.07) is 59.1. The molecule has 0 radical (unpaired) electrons. The fourth-order valence-electron chi connectivity index (χ4n) is 9.11. The lowest BCUT2D eigenvalue weighted by atomic mass is 9.77. The second-order valence-electron chi connectivity index (χ2n) is 15.3. The average Bonchev–Trinajstić information content (AvgIpc) is 3.51. The lowest BCUT2D eigenvalue weighted by molar-refractivity contribution is 0.639. The van der Waals surface area contributed by atoms with E-state index in [1.54, 1.807) is 0 Å². The van der Waals surface area contributed by atoms with Crippen molar-refractivity contribution >= 4 is 21.5 Å². The molecular formula is C50H38. The summed E-state index contributed by atoms with van der Waals surface area (Å²) in [7, 11) is 0. The van der Waals surface area contributed by atoms with Gasteiger partial charge in [-0.3, -0.25) is 0 Å². The van der Waals surface area contributed by atoms with E-state index in [0.29, 0.717) is 0 Å². The zero-order chi connectivity index (χ0) is 33.8. The predicted molar refractivity (Wildman–Crippen MR) is 213 cm³/mol. The van der Waals surface area contributed by atoms with Gasteiger partial charge in [0.2, 0.25) is 0 Å². The number of hydrogen-bond acceptors (Lipinski definition) is 0. The molecule has 0 aliphatic heterocycles. The third-order valence-electron chi connectivity index (χ3n) is 11.9. The van der Waals surface area contributed by atoms with Crippen LogP contribution < -0.4 is 0 Å². The van der Waals surface area contributed by atoms with Crippen molar-refractivity contribution < 1.29 is 0 Å². The molecule has 0 N–H and O–H groups in total. The van der Waals surface area contributed by atoms with Gasteiger partial charge in [0.1, 0.15) is 0 Å². The monoisotopic (exact) mass is 638 g/mol. The minimum Gasteiger partial charge on any atom is -0.0616 e. The van der Waals surface area contributed by atoms with Crippen molar-refractivity contribution in [3.05, 3.63) is 180 Å². The van der Waals surface area contributed by atoms with Crippen molar-refractivity contribution in [2.45, 2.75) is 38.5 Å². The number of fused-ring (bicyclic) bond motifs is 8. The molecule has 0 unspecified atom stereocenters. The molecule has 0 atom stereocenters. The molecule has 0 aromatic heterocycles. The highest BCUT2D eigenvalue weighted by Gasteiger charge is 2.42. The second kappa shape index (κ2) is 10.4. The van der Waals surface area contributed by atoms with Crippen LogP contribution in [-0.2, 0) is 10.8 Å². The highest BCUT2D eigenvalue weighted by molar-refractivity contribution is 5.99. The smallest absolute Gasteiger partial charge is 0.0159 e. The average molecular weight is 639 g/mol. The van der Waals surface area contributed by atoms with Gasteiger partial charge in [-0.25, -0.2) is 0 Å². The van der Waals surface area contributed by atoms with E-state index < -0.39 is 0 Å². The van der Waals surface area contributed by atoms with Crippen LogP contribution in [0.4, 0.5) is 0 Å². The van der Waals surface area contributed by atoms with E-state index in [0.717, 1.165) is 0 Å². The molecule has 2 aliphatic rings. The van der Waals surface area contributed by atoms with Gasteiger partial charge in [-0.05, 0) is 118 Å². The van der Waals surface area contributed by atoms with Gasteiger partial charge in [0.25, 0.3) is 0 Å². The predicted octanol–water partition coefficient (Wildman–Crippen LogP) is 13.6. The highest BCUT2D eigenvalue weighted by Crippen LogP contribution is 2.57. The van der Waals surface area contributed by atoms with Crippen molar-refractivity contribution in [3.63, 3.8) is 0 Å². The maximum Gasteiger partial charge on any atom is 0.0159 e. The van der Waals surface area contributed by atoms with E-state index in [1.807, 2.05) is 0 Å². The lowest BCUT2D eigenvalue weighted by Crippen LogP contribution is -2.19. The Bertz CT molecular complexity index is 2670. The van der Waals surface area contributed by atoms with Gasteiger partial charge in [0.15, 0.2) is 0 Å². The molecular weight excluding hydrogens is 601 g/mol. The van der Waals surface area contributed by atoms with Crippen molar-refractivity contribution in [2.24, 2.45) is 0 Å². The Labute approximate surface area is 294 Å². The first kappa shape index (κ1) is 29.2. The van der Waals surface area contributed by atoms with Crippen LogP contribution in [0.25, 0.3) is 77.2 Å². The van der Waals surface area contributed by atoms with Gasteiger partial charge >= 0.3 is 0 Å². The number of benzene rings is 8. The van der Waals surface area contributed by atoms with Crippen LogP contribution >= 0.6 is 0 Å². The Morgan fingerprint density at radius 2 is 0.700 bits per heavy atom. The molecule has 8 aromatic carbocycles. The molecule has 0 saturated carbocycles. The minimum atomic E-state index is -0.0996. The van der Waals surface area contributed by atoms with E-state index in [1.165, 1.54) is 99.4 Å². The Kier molecular flexibility index (Phi) is 6.07. The van der Waals surface area contributed by atoms with Crippen LogP contribution in [0.3, 0.4) is 0 Å². The normalized spacial score (nSPS) is 14.7. The van der Waals surface area contributed by atoms with E-state index in [4.69, 9.17) is 0 Å².